The van der Waals surface area contributed by atoms with Crippen molar-refractivity contribution in [2.75, 3.05) is 17.9 Å². The van der Waals surface area contributed by atoms with Crippen molar-refractivity contribution in [1.29, 1.82) is 0 Å². The lowest BCUT2D eigenvalue weighted by atomic mass is 10.2. The van der Waals surface area contributed by atoms with Crippen LogP contribution >= 0.6 is 0 Å². The molecule has 3 rings (SSSR count). The van der Waals surface area contributed by atoms with Crippen molar-refractivity contribution in [2.45, 2.75) is 11.8 Å². The van der Waals surface area contributed by atoms with E-state index in [4.69, 9.17) is 9.84 Å². The zero-order valence-electron chi connectivity index (χ0n) is 14.0. The van der Waals surface area contributed by atoms with Gasteiger partial charge in [0.25, 0.3) is 10.0 Å². The summed E-state index contributed by atoms with van der Waals surface area (Å²) >= 11 is 0. The van der Waals surface area contributed by atoms with E-state index in [1.54, 1.807) is 43.5 Å². The molecule has 0 radical (unpaired) electrons. The number of ether oxygens (including phenoxy) is 1. The first-order chi connectivity index (χ1) is 12.5. The fourth-order valence-electron chi connectivity index (χ4n) is 2.38. The van der Waals surface area contributed by atoms with Gasteiger partial charge in [-0.05, 0) is 48.9 Å². The normalized spacial score (nSPS) is 11.3. The molecule has 136 valence electrons. The summed E-state index contributed by atoms with van der Waals surface area (Å²) in [6.45, 7) is 1.90. The average Bonchev–Trinajstić information content (AvgIpc) is 3.16. The van der Waals surface area contributed by atoms with Crippen molar-refractivity contribution in [3.8, 4) is 11.4 Å². The van der Waals surface area contributed by atoms with Crippen LogP contribution in [-0.4, -0.2) is 41.7 Å². The summed E-state index contributed by atoms with van der Waals surface area (Å²) in [6.07, 6.45) is 3.15. The third-order valence-corrected chi connectivity index (χ3v) is 4.97. The molecule has 0 atom stereocenters. The monoisotopic (exact) mass is 374 g/mol. The number of hydrogen-bond donors (Lipinski definition) is 2. The van der Waals surface area contributed by atoms with E-state index in [2.05, 4.69) is 15.0 Å². The van der Waals surface area contributed by atoms with Gasteiger partial charge in [0.05, 0.1) is 29.6 Å². The van der Waals surface area contributed by atoms with Gasteiger partial charge in [0, 0.05) is 5.69 Å². The second kappa shape index (κ2) is 7.54. The molecule has 0 aliphatic carbocycles. The first-order valence-corrected chi connectivity index (χ1v) is 9.32. The average molecular weight is 374 g/mol. The summed E-state index contributed by atoms with van der Waals surface area (Å²) in [6, 6.07) is 11.4. The fraction of sp³-hybridized carbons (Fsp3) is 0.176. The van der Waals surface area contributed by atoms with Crippen molar-refractivity contribution in [1.82, 2.24) is 15.0 Å². The maximum absolute atomic E-state index is 12.7. The van der Waals surface area contributed by atoms with Crippen LogP contribution in [0.15, 0.2) is 59.8 Å². The largest absolute Gasteiger partial charge is 0.491 e. The Morgan fingerprint density at radius 2 is 2.08 bits per heavy atom. The number of rotatable bonds is 7. The zero-order chi connectivity index (χ0) is 18.6. The topological polar surface area (TPSA) is 106 Å². The minimum atomic E-state index is -3.77. The molecule has 2 aromatic carbocycles. The Labute approximate surface area is 151 Å². The molecule has 0 saturated carbocycles. The third-order valence-electron chi connectivity index (χ3n) is 3.59. The molecule has 26 heavy (non-hydrogen) atoms. The SMILES string of the molecule is Cc1cc(NS(=O)(=O)c2cccc(-n3ccnn3)c2)ccc1OCCO. The number of benzene rings is 2. The van der Waals surface area contributed by atoms with Gasteiger partial charge in [0.15, 0.2) is 0 Å². The minimum absolute atomic E-state index is 0.0874. The Balaban J connectivity index is 1.83. The van der Waals surface area contributed by atoms with Crippen LogP contribution in [0.3, 0.4) is 0 Å². The maximum atomic E-state index is 12.7. The van der Waals surface area contributed by atoms with E-state index < -0.39 is 10.0 Å². The van der Waals surface area contributed by atoms with Gasteiger partial charge >= 0.3 is 0 Å². The third kappa shape index (κ3) is 4.01. The van der Waals surface area contributed by atoms with E-state index in [0.29, 0.717) is 17.1 Å². The minimum Gasteiger partial charge on any atom is -0.491 e. The van der Waals surface area contributed by atoms with E-state index in [1.165, 1.54) is 23.0 Å². The number of sulfonamides is 1. The van der Waals surface area contributed by atoms with Crippen LogP contribution in [-0.2, 0) is 10.0 Å². The Bertz CT molecular complexity index is 988. The van der Waals surface area contributed by atoms with Gasteiger partial charge in [-0.1, -0.05) is 11.3 Å². The highest BCUT2D eigenvalue weighted by atomic mass is 32.2. The van der Waals surface area contributed by atoms with E-state index >= 15 is 0 Å². The summed E-state index contributed by atoms with van der Waals surface area (Å²) in [4.78, 5) is 0.115. The molecule has 3 aromatic rings. The number of aryl methyl sites for hydroxylation is 1. The molecule has 0 unspecified atom stereocenters. The number of aliphatic hydroxyl groups is 1. The molecule has 0 bridgehead atoms. The van der Waals surface area contributed by atoms with Crippen molar-refractivity contribution in [2.24, 2.45) is 0 Å². The first-order valence-electron chi connectivity index (χ1n) is 7.83. The standard InChI is InChI=1S/C17H18N4O4S/c1-13-11-14(5-6-17(13)25-10-9-22)19-26(23,24)16-4-2-3-15(12-16)21-8-7-18-20-21/h2-8,11-12,19,22H,9-10H2,1H3. The van der Waals surface area contributed by atoms with E-state index in [0.717, 1.165) is 5.56 Å². The number of hydrogen-bond acceptors (Lipinski definition) is 6. The van der Waals surface area contributed by atoms with Crippen molar-refractivity contribution in [3.63, 3.8) is 0 Å². The summed E-state index contributed by atoms with van der Waals surface area (Å²) in [5, 5.41) is 16.4. The van der Waals surface area contributed by atoms with Crippen LogP contribution in [0.4, 0.5) is 5.69 Å². The van der Waals surface area contributed by atoms with Crippen LogP contribution in [0.1, 0.15) is 5.56 Å². The molecule has 0 aliphatic heterocycles. The van der Waals surface area contributed by atoms with Crippen molar-refractivity contribution >= 4 is 15.7 Å². The molecule has 8 nitrogen and oxygen atoms in total. The number of nitrogens with one attached hydrogen (secondary N) is 1. The number of aliphatic hydroxyl groups excluding tert-OH is 1. The van der Waals surface area contributed by atoms with E-state index in [9.17, 15) is 8.42 Å². The summed E-state index contributed by atoms with van der Waals surface area (Å²) < 4.78 is 34.7. The van der Waals surface area contributed by atoms with Crippen LogP contribution in [0.5, 0.6) is 5.75 Å². The lowest BCUT2D eigenvalue weighted by Crippen LogP contribution is -2.13. The van der Waals surface area contributed by atoms with Gasteiger partial charge in [0.1, 0.15) is 12.4 Å². The Morgan fingerprint density at radius 1 is 1.23 bits per heavy atom. The second-order valence-electron chi connectivity index (χ2n) is 5.50. The number of aromatic nitrogens is 3. The highest BCUT2D eigenvalue weighted by Crippen LogP contribution is 2.24. The van der Waals surface area contributed by atoms with Gasteiger partial charge in [-0.3, -0.25) is 4.72 Å². The van der Waals surface area contributed by atoms with Crippen LogP contribution in [0.2, 0.25) is 0 Å². The van der Waals surface area contributed by atoms with Gasteiger partial charge in [-0.25, -0.2) is 13.1 Å². The highest BCUT2D eigenvalue weighted by molar-refractivity contribution is 7.92. The van der Waals surface area contributed by atoms with Crippen LogP contribution in [0, 0.1) is 6.92 Å². The van der Waals surface area contributed by atoms with Crippen molar-refractivity contribution < 1.29 is 18.3 Å². The molecule has 1 aromatic heterocycles. The van der Waals surface area contributed by atoms with Crippen LogP contribution < -0.4 is 9.46 Å². The maximum Gasteiger partial charge on any atom is 0.261 e. The summed E-state index contributed by atoms with van der Waals surface area (Å²) in [7, 11) is -3.77. The summed E-state index contributed by atoms with van der Waals surface area (Å²) in [5.74, 6) is 0.593. The molecule has 0 spiro atoms. The molecular formula is C17H18N4O4S. The molecule has 2 N–H and O–H groups in total. The predicted molar refractivity (Wildman–Crippen MR) is 95.9 cm³/mol. The molecular weight excluding hydrogens is 356 g/mol. The highest BCUT2D eigenvalue weighted by Gasteiger charge is 2.16. The number of anilines is 1. The van der Waals surface area contributed by atoms with Gasteiger partial charge in [-0.15, -0.1) is 5.10 Å². The lowest BCUT2D eigenvalue weighted by Gasteiger charge is -2.12. The van der Waals surface area contributed by atoms with Crippen LogP contribution in [0.25, 0.3) is 5.69 Å². The van der Waals surface area contributed by atoms with E-state index in [1.807, 2.05) is 0 Å². The molecule has 0 aliphatic rings. The van der Waals surface area contributed by atoms with Gasteiger partial charge in [0.2, 0.25) is 0 Å². The molecule has 0 fully saturated rings. The molecule has 9 heteroatoms. The van der Waals surface area contributed by atoms with Gasteiger partial charge < -0.3 is 9.84 Å². The quantitative estimate of drug-likeness (QED) is 0.653. The lowest BCUT2D eigenvalue weighted by molar-refractivity contribution is 0.200. The zero-order valence-corrected chi connectivity index (χ0v) is 14.8. The second-order valence-corrected chi connectivity index (χ2v) is 7.19. The fourth-order valence-corrected chi connectivity index (χ4v) is 3.47. The Hall–Kier alpha value is -2.91. The first kappa shape index (κ1) is 17.9. The Kier molecular flexibility index (Phi) is 5.19. The molecule has 0 saturated heterocycles. The smallest absolute Gasteiger partial charge is 0.261 e. The Morgan fingerprint density at radius 3 is 2.77 bits per heavy atom. The molecule has 1 heterocycles. The predicted octanol–water partition coefficient (Wildman–Crippen LogP) is 1.75. The van der Waals surface area contributed by atoms with E-state index in [-0.39, 0.29) is 18.1 Å². The number of nitrogens with zero attached hydrogens (tertiary/aromatic N) is 3. The molecule has 0 amide bonds. The van der Waals surface area contributed by atoms with Gasteiger partial charge in [-0.2, -0.15) is 0 Å². The van der Waals surface area contributed by atoms with Crippen molar-refractivity contribution in [3.05, 3.63) is 60.4 Å². The summed E-state index contributed by atoms with van der Waals surface area (Å²) in [5.41, 5.74) is 1.77.